The zero-order valence-electron chi connectivity index (χ0n) is 16.3. The van der Waals surface area contributed by atoms with Crippen molar-refractivity contribution >= 4 is 29.0 Å². The van der Waals surface area contributed by atoms with Crippen LogP contribution in [0.15, 0.2) is 34.9 Å². The summed E-state index contributed by atoms with van der Waals surface area (Å²) in [6, 6.07) is 3.01. The predicted octanol–water partition coefficient (Wildman–Crippen LogP) is 2.39. The molecule has 0 aliphatic carbocycles. The normalized spacial score (nSPS) is 17.9. The second-order valence-electron chi connectivity index (χ2n) is 7.48. The van der Waals surface area contributed by atoms with Gasteiger partial charge in [0, 0.05) is 35.2 Å². The van der Waals surface area contributed by atoms with Gasteiger partial charge in [0.15, 0.2) is 0 Å². The van der Waals surface area contributed by atoms with Gasteiger partial charge in [-0.05, 0) is 44.9 Å². The number of nitrogens with zero attached hydrogens (tertiary/aromatic N) is 2. The summed E-state index contributed by atoms with van der Waals surface area (Å²) in [5.41, 5.74) is -0.175. The van der Waals surface area contributed by atoms with E-state index in [-0.39, 0.29) is 4.75 Å². The highest BCUT2D eigenvalue weighted by atomic mass is 32.2. The van der Waals surface area contributed by atoms with E-state index in [1.165, 1.54) is 24.0 Å². The van der Waals surface area contributed by atoms with E-state index in [2.05, 4.69) is 20.6 Å². The molecule has 1 aliphatic rings. The van der Waals surface area contributed by atoms with Crippen molar-refractivity contribution in [3.05, 3.63) is 41.5 Å². The average molecular weight is 411 g/mol. The standard InChI is InChI=1S/C19H27FN4O3S/c1-18(2,3)28(26)9-8-22-14-21-6-4-15-10-16(20)24-17(11-15)23-7-5-19(25)12-27-13-19/h4,6,8-11,14,25H,5,7,12-13H2,1-3H3,(H,21,22)(H,23,24)/b6-4+,9-8+. The van der Waals surface area contributed by atoms with Gasteiger partial charge in [-0.2, -0.15) is 4.39 Å². The van der Waals surface area contributed by atoms with Crippen LogP contribution >= 0.6 is 0 Å². The minimum absolute atomic E-state index is 0.320. The molecule has 1 aliphatic heterocycles. The van der Waals surface area contributed by atoms with Gasteiger partial charge in [-0.25, -0.2) is 9.98 Å². The molecule has 7 nitrogen and oxygen atoms in total. The molecule has 2 heterocycles. The van der Waals surface area contributed by atoms with Crippen LogP contribution in [0, 0.1) is 5.95 Å². The Bertz CT molecular complexity index is 771. The van der Waals surface area contributed by atoms with Crippen molar-refractivity contribution in [1.82, 2.24) is 10.3 Å². The fourth-order valence-corrected chi connectivity index (χ4v) is 2.77. The van der Waals surface area contributed by atoms with E-state index in [1.54, 1.807) is 18.3 Å². The topological polar surface area (TPSA) is 95.8 Å². The summed E-state index contributed by atoms with van der Waals surface area (Å²) in [5.74, 6) is -0.207. The Morgan fingerprint density at radius 2 is 2.18 bits per heavy atom. The zero-order valence-corrected chi connectivity index (χ0v) is 17.1. The van der Waals surface area contributed by atoms with Gasteiger partial charge in [-0.15, -0.1) is 0 Å². The van der Waals surface area contributed by atoms with Crippen molar-refractivity contribution < 1.29 is 18.4 Å². The number of nitrogens with one attached hydrogen (secondary N) is 2. The van der Waals surface area contributed by atoms with E-state index in [0.717, 1.165) is 0 Å². The van der Waals surface area contributed by atoms with E-state index in [1.807, 2.05) is 20.8 Å². The van der Waals surface area contributed by atoms with Gasteiger partial charge in [-0.3, -0.25) is 4.21 Å². The van der Waals surface area contributed by atoms with Crippen LogP contribution in [0.2, 0.25) is 0 Å². The Kier molecular flexibility index (Phi) is 7.85. The van der Waals surface area contributed by atoms with Crippen molar-refractivity contribution in [2.75, 3.05) is 25.1 Å². The third-order valence-electron chi connectivity index (χ3n) is 3.85. The first-order valence-electron chi connectivity index (χ1n) is 8.91. The fraction of sp³-hybridized carbons (Fsp3) is 0.474. The first-order valence-corrected chi connectivity index (χ1v) is 10.1. The Balaban J connectivity index is 1.81. The average Bonchev–Trinajstić information content (AvgIpc) is 2.58. The molecule has 0 radical (unpaired) electrons. The second kappa shape index (κ2) is 9.90. The molecule has 1 atom stereocenters. The molecule has 3 N–H and O–H groups in total. The lowest BCUT2D eigenvalue weighted by atomic mass is 9.98. The van der Waals surface area contributed by atoms with Gasteiger partial charge in [-0.1, -0.05) is 0 Å². The molecule has 2 rings (SSSR count). The lowest BCUT2D eigenvalue weighted by Gasteiger charge is -2.36. The summed E-state index contributed by atoms with van der Waals surface area (Å²) in [6.45, 7) is 6.78. The summed E-state index contributed by atoms with van der Waals surface area (Å²) in [5, 5.41) is 17.3. The minimum atomic E-state index is -1.10. The second-order valence-corrected chi connectivity index (χ2v) is 9.57. The van der Waals surface area contributed by atoms with E-state index in [0.29, 0.717) is 37.6 Å². The smallest absolute Gasteiger partial charge is 0.215 e. The molecule has 1 aromatic rings. The molecule has 154 valence electrons. The van der Waals surface area contributed by atoms with E-state index in [4.69, 9.17) is 4.74 Å². The number of pyridine rings is 1. The van der Waals surface area contributed by atoms with Crippen LogP contribution in [0.4, 0.5) is 10.2 Å². The first kappa shape index (κ1) is 22.2. The number of hydrogen-bond acceptors (Lipinski definition) is 6. The van der Waals surface area contributed by atoms with Crippen LogP contribution < -0.4 is 10.6 Å². The van der Waals surface area contributed by atoms with E-state index < -0.39 is 22.3 Å². The van der Waals surface area contributed by atoms with E-state index in [9.17, 15) is 13.7 Å². The van der Waals surface area contributed by atoms with Crippen molar-refractivity contribution in [1.29, 1.82) is 0 Å². The third-order valence-corrected chi connectivity index (χ3v) is 5.43. The van der Waals surface area contributed by atoms with Crippen LogP contribution in [-0.2, 0) is 15.5 Å². The predicted molar refractivity (Wildman–Crippen MR) is 111 cm³/mol. The molecule has 1 fully saturated rings. The van der Waals surface area contributed by atoms with Crippen LogP contribution in [0.25, 0.3) is 6.08 Å². The highest BCUT2D eigenvalue weighted by Crippen LogP contribution is 2.20. The number of anilines is 1. The number of aromatic nitrogens is 1. The molecule has 0 aromatic carbocycles. The summed E-state index contributed by atoms with van der Waals surface area (Å²) < 4.78 is 30.1. The van der Waals surface area contributed by atoms with Crippen molar-refractivity contribution in [2.45, 2.75) is 37.5 Å². The largest absolute Gasteiger partial charge is 0.385 e. The van der Waals surface area contributed by atoms with Crippen molar-refractivity contribution in [3.63, 3.8) is 0 Å². The molecule has 1 saturated heterocycles. The number of halogens is 1. The molecule has 28 heavy (non-hydrogen) atoms. The maximum Gasteiger partial charge on any atom is 0.215 e. The molecular formula is C19H27FN4O3S. The number of hydrogen-bond donors (Lipinski definition) is 3. The van der Waals surface area contributed by atoms with Gasteiger partial charge in [0.2, 0.25) is 5.95 Å². The quantitative estimate of drug-likeness (QED) is 0.329. The van der Waals surface area contributed by atoms with E-state index >= 15 is 0 Å². The SMILES string of the molecule is CC(C)(C)S(=O)/C=C/N=CN/C=C/c1cc(F)nc(NCCC2(O)COC2)c1. The van der Waals surface area contributed by atoms with Crippen LogP contribution in [-0.4, -0.2) is 50.7 Å². The minimum Gasteiger partial charge on any atom is -0.385 e. The molecule has 1 aromatic heterocycles. The lowest BCUT2D eigenvalue weighted by molar-refractivity contribution is -0.179. The van der Waals surface area contributed by atoms with Crippen LogP contribution in [0.1, 0.15) is 32.8 Å². The van der Waals surface area contributed by atoms with Gasteiger partial charge >= 0.3 is 0 Å². The van der Waals surface area contributed by atoms with Crippen LogP contribution in [0.3, 0.4) is 0 Å². The van der Waals surface area contributed by atoms with Gasteiger partial charge < -0.3 is 20.5 Å². The summed E-state index contributed by atoms with van der Waals surface area (Å²) in [4.78, 5) is 7.77. The van der Waals surface area contributed by atoms with Crippen molar-refractivity contribution in [3.8, 4) is 0 Å². The molecule has 0 amide bonds. The number of aliphatic hydroxyl groups is 1. The summed E-state index contributed by atoms with van der Waals surface area (Å²) in [6.07, 6.45) is 6.68. The van der Waals surface area contributed by atoms with Crippen molar-refractivity contribution in [2.24, 2.45) is 4.99 Å². The molecule has 0 saturated carbocycles. The molecule has 0 spiro atoms. The molecule has 1 unspecified atom stereocenters. The number of rotatable bonds is 9. The summed E-state index contributed by atoms with van der Waals surface area (Å²) in [7, 11) is -1.10. The zero-order chi connectivity index (χ0) is 20.6. The van der Waals surface area contributed by atoms with Gasteiger partial charge in [0.05, 0.1) is 30.4 Å². The monoisotopic (exact) mass is 410 g/mol. The maximum atomic E-state index is 13.7. The Hall–Kier alpha value is -2.10. The highest BCUT2D eigenvalue weighted by molar-refractivity contribution is 7.89. The van der Waals surface area contributed by atoms with Crippen LogP contribution in [0.5, 0.6) is 0 Å². The first-order chi connectivity index (χ1) is 13.2. The Labute approximate surface area is 167 Å². The molecule has 9 heteroatoms. The molecular weight excluding hydrogens is 383 g/mol. The molecule has 0 bridgehead atoms. The Morgan fingerprint density at radius 3 is 2.82 bits per heavy atom. The Morgan fingerprint density at radius 1 is 1.43 bits per heavy atom. The maximum absolute atomic E-state index is 13.7. The third kappa shape index (κ3) is 7.49. The summed E-state index contributed by atoms with van der Waals surface area (Å²) >= 11 is 0. The van der Waals surface area contributed by atoms with Gasteiger partial charge in [0.1, 0.15) is 11.4 Å². The van der Waals surface area contributed by atoms with Gasteiger partial charge in [0.25, 0.3) is 0 Å². The highest BCUT2D eigenvalue weighted by Gasteiger charge is 2.35. The number of ether oxygens (including phenoxy) is 1. The lowest BCUT2D eigenvalue weighted by Crippen LogP contribution is -2.50. The fourth-order valence-electron chi connectivity index (χ4n) is 2.18. The number of aliphatic imine (C=N–C) groups is 1.